The monoisotopic (exact) mass is 316 g/mol. The Bertz CT molecular complexity index is 430. The van der Waals surface area contributed by atoms with Crippen LogP contribution in [-0.2, 0) is 4.79 Å². The lowest BCUT2D eigenvalue weighted by atomic mass is 9.77. The molecule has 0 heterocycles. The van der Waals surface area contributed by atoms with Crippen molar-refractivity contribution in [3.05, 3.63) is 34.9 Å². The number of rotatable bonds is 5. The number of nitrogens with two attached hydrogens (primary N) is 1. The maximum absolute atomic E-state index is 11.9. The Morgan fingerprint density at radius 3 is 2.45 bits per heavy atom. The van der Waals surface area contributed by atoms with Crippen molar-refractivity contribution in [1.82, 2.24) is 5.32 Å². The molecule has 0 aromatic heterocycles. The Balaban J connectivity index is 0.00000200. The summed E-state index contributed by atoms with van der Waals surface area (Å²) < 4.78 is 0. The third-order valence-corrected chi connectivity index (χ3v) is 3.93. The number of benzene rings is 1. The summed E-state index contributed by atoms with van der Waals surface area (Å²) in [6, 6.07) is 7.74. The molecule has 2 rings (SSSR count). The van der Waals surface area contributed by atoms with Gasteiger partial charge in [-0.3, -0.25) is 4.79 Å². The SMILES string of the molecule is CC(N)CC(=O)NC(c1ccc(Cl)cc1)C1CCC1.Cl. The van der Waals surface area contributed by atoms with Crippen LogP contribution in [0.3, 0.4) is 0 Å². The van der Waals surface area contributed by atoms with Crippen LogP contribution in [0.15, 0.2) is 24.3 Å². The number of carbonyl (C=O) groups excluding carboxylic acids is 1. The Morgan fingerprint density at radius 1 is 1.40 bits per heavy atom. The minimum Gasteiger partial charge on any atom is -0.349 e. The average Bonchev–Trinajstić information content (AvgIpc) is 2.25. The smallest absolute Gasteiger partial charge is 0.222 e. The molecule has 1 aromatic rings. The van der Waals surface area contributed by atoms with E-state index in [0.29, 0.717) is 12.3 Å². The summed E-state index contributed by atoms with van der Waals surface area (Å²) in [5.41, 5.74) is 6.80. The molecule has 2 atom stereocenters. The molecule has 1 aliphatic carbocycles. The Morgan fingerprint density at radius 2 is 2.00 bits per heavy atom. The van der Waals surface area contributed by atoms with Gasteiger partial charge in [0.15, 0.2) is 0 Å². The molecular weight excluding hydrogens is 295 g/mol. The van der Waals surface area contributed by atoms with E-state index in [4.69, 9.17) is 17.3 Å². The van der Waals surface area contributed by atoms with Gasteiger partial charge in [-0.25, -0.2) is 0 Å². The van der Waals surface area contributed by atoms with Gasteiger partial charge in [-0.1, -0.05) is 30.2 Å². The number of hydrogen-bond donors (Lipinski definition) is 2. The van der Waals surface area contributed by atoms with Gasteiger partial charge in [-0.15, -0.1) is 12.4 Å². The van der Waals surface area contributed by atoms with Crippen molar-refractivity contribution in [3.8, 4) is 0 Å². The molecule has 20 heavy (non-hydrogen) atoms. The predicted molar refractivity (Wildman–Crippen MR) is 85.2 cm³/mol. The summed E-state index contributed by atoms with van der Waals surface area (Å²) in [5.74, 6) is 0.569. The van der Waals surface area contributed by atoms with E-state index in [1.54, 1.807) is 0 Å². The first-order valence-corrected chi connectivity index (χ1v) is 7.24. The van der Waals surface area contributed by atoms with E-state index in [1.807, 2.05) is 31.2 Å². The molecule has 0 bridgehead atoms. The van der Waals surface area contributed by atoms with Crippen LogP contribution in [0, 0.1) is 5.92 Å². The van der Waals surface area contributed by atoms with E-state index in [2.05, 4.69) is 5.32 Å². The van der Waals surface area contributed by atoms with Gasteiger partial charge in [0.05, 0.1) is 6.04 Å². The third-order valence-electron chi connectivity index (χ3n) is 3.67. The zero-order chi connectivity index (χ0) is 13.8. The quantitative estimate of drug-likeness (QED) is 0.874. The predicted octanol–water partition coefficient (Wildman–Crippen LogP) is 3.46. The fraction of sp³-hybridized carbons (Fsp3) is 0.533. The second-order valence-corrected chi connectivity index (χ2v) is 5.91. The van der Waals surface area contributed by atoms with E-state index in [1.165, 1.54) is 19.3 Å². The fourth-order valence-electron chi connectivity index (χ4n) is 2.44. The van der Waals surface area contributed by atoms with E-state index in [0.717, 1.165) is 10.6 Å². The molecule has 0 spiro atoms. The standard InChI is InChI=1S/C15H21ClN2O.ClH/c1-10(17)9-14(19)18-15(11-3-2-4-11)12-5-7-13(16)8-6-12;/h5-8,10-11,15H,2-4,9,17H2,1H3,(H,18,19);1H. The van der Waals surface area contributed by atoms with Crippen molar-refractivity contribution in [2.24, 2.45) is 11.7 Å². The van der Waals surface area contributed by atoms with Crippen LogP contribution < -0.4 is 11.1 Å². The van der Waals surface area contributed by atoms with Gasteiger partial charge in [-0.05, 0) is 43.4 Å². The minimum atomic E-state index is -0.104. The molecule has 1 amide bonds. The zero-order valence-electron chi connectivity index (χ0n) is 11.6. The number of halogens is 2. The van der Waals surface area contributed by atoms with Crippen molar-refractivity contribution in [2.75, 3.05) is 0 Å². The molecule has 112 valence electrons. The highest BCUT2D eigenvalue weighted by Gasteiger charge is 2.29. The lowest BCUT2D eigenvalue weighted by Crippen LogP contribution is -2.38. The molecular formula is C15H22Cl2N2O. The second kappa shape index (κ2) is 7.87. The maximum Gasteiger partial charge on any atom is 0.222 e. The molecule has 1 saturated carbocycles. The topological polar surface area (TPSA) is 55.1 Å². The molecule has 0 radical (unpaired) electrons. The summed E-state index contributed by atoms with van der Waals surface area (Å²) in [6.07, 6.45) is 3.96. The third kappa shape index (κ3) is 4.65. The van der Waals surface area contributed by atoms with Gasteiger partial charge < -0.3 is 11.1 Å². The first-order chi connectivity index (χ1) is 9.06. The van der Waals surface area contributed by atoms with Gasteiger partial charge in [0.2, 0.25) is 5.91 Å². The highest BCUT2D eigenvalue weighted by molar-refractivity contribution is 6.30. The van der Waals surface area contributed by atoms with Crippen LogP contribution in [0.25, 0.3) is 0 Å². The molecule has 3 nitrogen and oxygen atoms in total. The first-order valence-electron chi connectivity index (χ1n) is 6.86. The largest absolute Gasteiger partial charge is 0.349 e. The molecule has 1 aliphatic rings. The molecule has 0 aliphatic heterocycles. The van der Waals surface area contributed by atoms with Gasteiger partial charge in [0.25, 0.3) is 0 Å². The highest BCUT2D eigenvalue weighted by Crippen LogP contribution is 2.38. The van der Waals surface area contributed by atoms with Crippen LogP contribution in [-0.4, -0.2) is 11.9 Å². The normalized spacial score (nSPS) is 17.6. The summed E-state index contributed by atoms with van der Waals surface area (Å²) in [7, 11) is 0. The van der Waals surface area contributed by atoms with Crippen LogP contribution in [0.4, 0.5) is 0 Å². The van der Waals surface area contributed by atoms with Crippen molar-refractivity contribution < 1.29 is 4.79 Å². The van der Waals surface area contributed by atoms with Crippen molar-refractivity contribution in [1.29, 1.82) is 0 Å². The Hall–Kier alpha value is -0.770. The van der Waals surface area contributed by atoms with Gasteiger partial charge in [-0.2, -0.15) is 0 Å². The number of carbonyl (C=O) groups is 1. The van der Waals surface area contributed by atoms with Gasteiger partial charge in [0, 0.05) is 17.5 Å². The van der Waals surface area contributed by atoms with Gasteiger partial charge >= 0.3 is 0 Å². The van der Waals surface area contributed by atoms with Gasteiger partial charge in [0.1, 0.15) is 0 Å². The Kier molecular flexibility index (Phi) is 6.80. The molecule has 2 unspecified atom stereocenters. The maximum atomic E-state index is 11.9. The fourth-order valence-corrected chi connectivity index (χ4v) is 2.57. The van der Waals surface area contributed by atoms with E-state index in [-0.39, 0.29) is 30.4 Å². The molecule has 0 saturated heterocycles. The second-order valence-electron chi connectivity index (χ2n) is 5.47. The van der Waals surface area contributed by atoms with Crippen molar-refractivity contribution in [3.63, 3.8) is 0 Å². The summed E-state index contributed by atoms with van der Waals surface area (Å²) >= 11 is 5.91. The van der Waals surface area contributed by atoms with Crippen LogP contribution >= 0.6 is 24.0 Å². The number of amides is 1. The molecule has 3 N–H and O–H groups in total. The zero-order valence-corrected chi connectivity index (χ0v) is 13.2. The average molecular weight is 317 g/mol. The van der Waals surface area contributed by atoms with E-state index in [9.17, 15) is 4.79 Å². The van der Waals surface area contributed by atoms with Crippen LogP contribution in [0.1, 0.15) is 44.2 Å². The van der Waals surface area contributed by atoms with E-state index < -0.39 is 0 Å². The lowest BCUT2D eigenvalue weighted by Gasteiger charge is -2.34. The summed E-state index contributed by atoms with van der Waals surface area (Å²) in [6.45, 7) is 1.85. The van der Waals surface area contributed by atoms with Crippen molar-refractivity contribution >= 4 is 29.9 Å². The highest BCUT2D eigenvalue weighted by atomic mass is 35.5. The van der Waals surface area contributed by atoms with Crippen LogP contribution in [0.5, 0.6) is 0 Å². The lowest BCUT2D eigenvalue weighted by molar-refractivity contribution is -0.122. The molecule has 1 aromatic carbocycles. The van der Waals surface area contributed by atoms with Crippen LogP contribution in [0.2, 0.25) is 5.02 Å². The Labute approximate surface area is 131 Å². The summed E-state index contributed by atoms with van der Waals surface area (Å²) in [4.78, 5) is 11.9. The minimum absolute atomic E-state index is 0. The first kappa shape index (κ1) is 17.3. The van der Waals surface area contributed by atoms with Crippen molar-refractivity contribution in [2.45, 2.75) is 44.7 Å². The van der Waals surface area contributed by atoms with E-state index >= 15 is 0 Å². The molecule has 1 fully saturated rings. The number of nitrogens with one attached hydrogen (secondary N) is 1. The molecule has 5 heteroatoms. The summed E-state index contributed by atoms with van der Waals surface area (Å²) in [5, 5.41) is 3.84. The number of hydrogen-bond acceptors (Lipinski definition) is 2.